The molecule has 71 heavy (non-hydrogen) atoms. The summed E-state index contributed by atoms with van der Waals surface area (Å²) in [7, 11) is 4.66. The van der Waals surface area contributed by atoms with Crippen molar-refractivity contribution in [2.24, 2.45) is 0 Å². The molecule has 1 saturated heterocycles. The lowest BCUT2D eigenvalue weighted by Crippen LogP contribution is -2.39. The number of likely N-dealkylation sites (tertiary alicyclic amines) is 1. The number of hydrogen-bond acceptors (Lipinski definition) is 17. The third kappa shape index (κ3) is 12.3. The van der Waals surface area contributed by atoms with Crippen molar-refractivity contribution in [3.05, 3.63) is 113 Å². The van der Waals surface area contributed by atoms with Crippen LogP contribution in [-0.2, 0) is 23.7 Å². The highest BCUT2D eigenvalue weighted by atomic mass is 16.7. The predicted octanol–water partition coefficient (Wildman–Crippen LogP) is 7.03. The fourth-order valence-corrected chi connectivity index (χ4v) is 8.33. The first-order valence-corrected chi connectivity index (χ1v) is 23.4. The standard InChI is InChI=1S/C51H61N9O11/c1-35(2)42-29-43(45(69-33-63-4)30-44(42)68-32-62-3)48-55-56-50(70-34-64-5)59(48)37-11-15-39(16-12-37)67-28-27-66-26-25-65-24-23-57-21-19-38(20-22-57)60-49-46(47(52)53-31-54-49)58(51(60)61)36-13-17-41(18-14-36)71-40-9-7-6-8-10-40/h6-18,29-31,35,38H,19-28,32-34H2,1-5H3,(H2,52,53,54). The smallest absolute Gasteiger partial charge is 0.335 e. The molecule has 20 heteroatoms. The second kappa shape index (κ2) is 24.7. The molecule has 4 heterocycles. The topological polar surface area (TPSA) is 205 Å². The van der Waals surface area contributed by atoms with E-state index in [2.05, 4.69) is 38.9 Å². The van der Waals surface area contributed by atoms with Gasteiger partial charge in [-0.05, 0) is 91.1 Å². The summed E-state index contributed by atoms with van der Waals surface area (Å²) in [5, 5.41) is 8.88. The molecule has 0 amide bonds. The Morgan fingerprint density at radius 1 is 0.662 bits per heavy atom. The summed E-state index contributed by atoms with van der Waals surface area (Å²) in [4.78, 5) is 25.2. The number of fused-ring (bicyclic) bond motifs is 1. The molecule has 0 saturated carbocycles. The highest BCUT2D eigenvalue weighted by molar-refractivity contribution is 5.84. The lowest BCUT2D eigenvalue weighted by Gasteiger charge is -2.32. The van der Waals surface area contributed by atoms with Crippen LogP contribution < -0.4 is 35.1 Å². The lowest BCUT2D eigenvalue weighted by atomic mass is 9.98. The van der Waals surface area contributed by atoms with Crippen LogP contribution in [0.5, 0.6) is 34.8 Å². The maximum absolute atomic E-state index is 14.1. The number of rotatable bonds is 26. The van der Waals surface area contributed by atoms with E-state index in [9.17, 15) is 4.79 Å². The van der Waals surface area contributed by atoms with Gasteiger partial charge in [-0.1, -0.05) is 37.1 Å². The zero-order valence-corrected chi connectivity index (χ0v) is 40.7. The van der Waals surface area contributed by atoms with Gasteiger partial charge in [-0.15, -0.1) is 5.10 Å². The summed E-state index contributed by atoms with van der Waals surface area (Å²) in [6.45, 7) is 8.75. The molecule has 0 unspecified atom stereocenters. The molecule has 0 atom stereocenters. The van der Waals surface area contributed by atoms with E-state index in [4.69, 9.17) is 53.1 Å². The first-order chi connectivity index (χ1) is 34.8. The van der Waals surface area contributed by atoms with Crippen LogP contribution >= 0.6 is 0 Å². The van der Waals surface area contributed by atoms with Crippen LogP contribution in [0.15, 0.2) is 102 Å². The minimum atomic E-state index is -0.202. The number of methoxy groups -OCH3 is 3. The average molecular weight is 976 g/mol. The van der Waals surface area contributed by atoms with Gasteiger partial charge in [0.15, 0.2) is 37.7 Å². The number of nitrogen functional groups attached to an aromatic ring is 1. The van der Waals surface area contributed by atoms with Gasteiger partial charge in [-0.3, -0.25) is 9.13 Å². The zero-order valence-electron chi connectivity index (χ0n) is 40.7. The van der Waals surface area contributed by atoms with Gasteiger partial charge in [0.25, 0.3) is 0 Å². The van der Waals surface area contributed by atoms with Crippen molar-refractivity contribution in [2.45, 2.75) is 38.6 Å². The maximum atomic E-state index is 14.1. The maximum Gasteiger partial charge on any atom is 0.335 e. The molecule has 20 nitrogen and oxygen atoms in total. The number of aromatic nitrogens is 7. The van der Waals surface area contributed by atoms with Crippen molar-refractivity contribution in [1.82, 2.24) is 38.8 Å². The van der Waals surface area contributed by atoms with Gasteiger partial charge < -0.3 is 58.0 Å². The van der Waals surface area contributed by atoms with Gasteiger partial charge in [0.1, 0.15) is 47.2 Å². The van der Waals surface area contributed by atoms with Crippen LogP contribution in [0, 0.1) is 0 Å². The van der Waals surface area contributed by atoms with Crippen LogP contribution in [-0.4, -0.2) is 133 Å². The van der Waals surface area contributed by atoms with E-state index in [1.165, 1.54) is 13.4 Å². The highest BCUT2D eigenvalue weighted by Crippen LogP contribution is 2.41. The van der Waals surface area contributed by atoms with Crippen LogP contribution in [0.4, 0.5) is 5.82 Å². The number of imidazole rings is 1. The Morgan fingerprint density at radius 2 is 1.28 bits per heavy atom. The molecule has 376 valence electrons. The summed E-state index contributed by atoms with van der Waals surface area (Å²) in [5.41, 5.74) is 10.1. The molecule has 1 aliphatic rings. The number of piperidine rings is 1. The van der Waals surface area contributed by atoms with Gasteiger partial charge in [-0.25, -0.2) is 19.3 Å². The quantitative estimate of drug-likeness (QED) is 0.0427. The first kappa shape index (κ1) is 50.3. The Bertz CT molecular complexity index is 2830. The van der Waals surface area contributed by atoms with Gasteiger partial charge in [0.2, 0.25) is 0 Å². The van der Waals surface area contributed by atoms with Crippen LogP contribution in [0.1, 0.15) is 44.2 Å². The van der Waals surface area contributed by atoms with E-state index in [1.807, 2.05) is 84.9 Å². The third-order valence-corrected chi connectivity index (χ3v) is 11.8. The third-order valence-electron chi connectivity index (χ3n) is 11.8. The molecule has 0 spiro atoms. The molecular weight excluding hydrogens is 915 g/mol. The minimum Gasteiger partial charge on any atom is -0.491 e. The molecule has 1 aliphatic heterocycles. The van der Waals surface area contributed by atoms with Crippen molar-refractivity contribution in [3.63, 3.8) is 0 Å². The molecule has 4 aromatic carbocycles. The van der Waals surface area contributed by atoms with Gasteiger partial charge in [0.05, 0.1) is 43.4 Å². The van der Waals surface area contributed by atoms with Crippen molar-refractivity contribution in [3.8, 4) is 57.5 Å². The van der Waals surface area contributed by atoms with Crippen molar-refractivity contribution in [1.29, 1.82) is 0 Å². The van der Waals surface area contributed by atoms with Crippen LogP contribution in [0.2, 0.25) is 0 Å². The summed E-state index contributed by atoms with van der Waals surface area (Å²) < 4.78 is 62.3. The number of anilines is 1. The molecule has 0 bridgehead atoms. The lowest BCUT2D eigenvalue weighted by molar-refractivity contribution is 0.0264. The van der Waals surface area contributed by atoms with Crippen LogP contribution in [0.25, 0.3) is 33.9 Å². The van der Waals surface area contributed by atoms with E-state index in [-0.39, 0.29) is 49.9 Å². The zero-order chi connectivity index (χ0) is 49.5. The number of ether oxygens (including phenoxy) is 10. The summed E-state index contributed by atoms with van der Waals surface area (Å²) in [6.07, 6.45) is 2.96. The van der Waals surface area contributed by atoms with Crippen molar-refractivity contribution < 1.29 is 47.4 Å². The molecule has 0 radical (unpaired) electrons. The monoisotopic (exact) mass is 975 g/mol. The van der Waals surface area contributed by atoms with Gasteiger partial charge in [-0.2, -0.15) is 0 Å². The summed E-state index contributed by atoms with van der Waals surface area (Å²) in [5.74, 6) is 3.96. The Hall–Kier alpha value is -7.07. The van der Waals surface area contributed by atoms with Gasteiger partial charge in [0, 0.05) is 53.1 Å². The largest absolute Gasteiger partial charge is 0.491 e. The molecule has 1 fully saturated rings. The number of nitrogens with zero attached hydrogens (tertiary/aromatic N) is 8. The Labute approximate surface area is 411 Å². The molecule has 8 rings (SSSR count). The minimum absolute atomic E-state index is 0.00244. The Kier molecular flexibility index (Phi) is 17.5. The Morgan fingerprint density at radius 3 is 1.97 bits per heavy atom. The fourth-order valence-electron chi connectivity index (χ4n) is 8.33. The number of benzene rings is 4. The normalized spacial score (nSPS) is 13.3. The fraction of sp³-hybridized carbons (Fsp3) is 0.392. The van der Waals surface area contributed by atoms with Crippen molar-refractivity contribution in [2.75, 3.05) is 100 Å². The second-order valence-corrected chi connectivity index (χ2v) is 16.8. The average Bonchev–Trinajstić information content (AvgIpc) is 3.95. The first-order valence-electron chi connectivity index (χ1n) is 23.4. The van der Waals surface area contributed by atoms with E-state index in [0.717, 1.165) is 49.5 Å². The number of hydrogen-bond donors (Lipinski definition) is 1. The molecule has 7 aromatic rings. The van der Waals surface area contributed by atoms with E-state index < -0.39 is 0 Å². The second-order valence-electron chi connectivity index (χ2n) is 16.8. The molecular formula is C51H61N9O11. The molecule has 3 aromatic heterocycles. The SMILES string of the molecule is COCOc1cc(OCOC)c(C(C)C)cc1-c1nnc(OCOC)n1-c1ccc(OCCOCCOCCN2CCC(n3c(=O)n(-c4ccc(Oc5ccccc5)cc4)c4c(N)ncnc43)CC2)cc1. The predicted molar refractivity (Wildman–Crippen MR) is 264 cm³/mol. The van der Waals surface area contributed by atoms with E-state index in [1.54, 1.807) is 34.0 Å². The summed E-state index contributed by atoms with van der Waals surface area (Å²) in [6, 6.07) is 28.3. The highest BCUT2D eigenvalue weighted by Gasteiger charge is 2.28. The Balaban J connectivity index is 0.792. The number of para-hydroxylation sites is 1. The van der Waals surface area contributed by atoms with Crippen LogP contribution in [0.3, 0.4) is 0 Å². The van der Waals surface area contributed by atoms with E-state index >= 15 is 0 Å². The number of nitrogens with two attached hydrogens (primary N) is 1. The summed E-state index contributed by atoms with van der Waals surface area (Å²) >= 11 is 0. The van der Waals surface area contributed by atoms with Crippen molar-refractivity contribution >= 4 is 17.0 Å². The molecule has 2 N–H and O–H groups in total. The van der Waals surface area contributed by atoms with Gasteiger partial charge >= 0.3 is 11.7 Å². The van der Waals surface area contributed by atoms with E-state index in [0.29, 0.717) is 84.3 Å². The molecule has 0 aliphatic carbocycles.